The van der Waals surface area contributed by atoms with Crippen LogP contribution in [0.1, 0.15) is 32.6 Å². The number of hydrogen-bond donors (Lipinski definition) is 3. The lowest BCUT2D eigenvalue weighted by atomic mass is 9.94. The Morgan fingerprint density at radius 2 is 2.23 bits per heavy atom. The summed E-state index contributed by atoms with van der Waals surface area (Å²) in [5.74, 6) is 1.58. The van der Waals surface area contributed by atoms with Crippen LogP contribution in [0.25, 0.3) is 16.9 Å². The normalized spacial score (nSPS) is 23.5. The van der Waals surface area contributed by atoms with Crippen LogP contribution in [0.15, 0.2) is 18.6 Å². The number of H-pyrrole nitrogens is 1. The molecular weight excluding hydrogens is 420 g/mol. The van der Waals surface area contributed by atoms with E-state index >= 15 is 0 Å². The molecule has 0 bridgehead atoms. The molecule has 0 radical (unpaired) electrons. The van der Waals surface area contributed by atoms with E-state index in [2.05, 4.69) is 37.5 Å². The molecule has 1 unspecified atom stereocenters. The Hall–Kier alpha value is -2.57. The Kier molecular flexibility index (Phi) is 5.59. The van der Waals surface area contributed by atoms with Crippen molar-refractivity contribution in [3.63, 3.8) is 0 Å². The van der Waals surface area contributed by atoms with E-state index in [1.165, 1.54) is 6.42 Å². The summed E-state index contributed by atoms with van der Waals surface area (Å²) >= 11 is -1.81. The molecule has 12 heteroatoms. The van der Waals surface area contributed by atoms with Crippen molar-refractivity contribution in [1.82, 2.24) is 34.7 Å². The molecular formula is C19H26N8O3S. The molecule has 3 atom stereocenters. The Morgan fingerprint density at radius 3 is 2.90 bits per heavy atom. The van der Waals surface area contributed by atoms with Gasteiger partial charge in [-0.1, -0.05) is 6.92 Å². The van der Waals surface area contributed by atoms with Crippen LogP contribution in [0.4, 0.5) is 5.95 Å². The molecule has 2 fully saturated rings. The number of nitrogens with one attached hydrogen (secondary N) is 2. The summed E-state index contributed by atoms with van der Waals surface area (Å²) in [6.45, 7) is 3.63. The lowest BCUT2D eigenvalue weighted by Crippen LogP contribution is -2.46. The molecule has 1 saturated heterocycles. The van der Waals surface area contributed by atoms with Gasteiger partial charge in [-0.05, 0) is 31.6 Å². The van der Waals surface area contributed by atoms with E-state index in [4.69, 9.17) is 9.29 Å². The summed E-state index contributed by atoms with van der Waals surface area (Å²) in [5, 5.41) is 15.0. The fraction of sp³-hybridized carbons (Fsp3) is 0.579. The van der Waals surface area contributed by atoms with Crippen LogP contribution in [0.3, 0.4) is 0 Å². The molecule has 11 nitrogen and oxygen atoms in total. The Bertz CT molecular complexity index is 1070. The SMILES string of the molecule is C[C@@H]1CN(CS(=O)O)CC[C@@H]1Nc1nc2cnc(-c3cn[nH]c3)c(OC3CCC3)n2n1. The molecule has 3 N–H and O–H groups in total. The zero-order chi connectivity index (χ0) is 21.4. The molecule has 1 aliphatic heterocycles. The first-order valence-corrected chi connectivity index (χ1v) is 11.8. The maximum absolute atomic E-state index is 11.1. The van der Waals surface area contributed by atoms with Gasteiger partial charge in [-0.2, -0.15) is 14.6 Å². The molecule has 5 rings (SSSR count). The Balaban J connectivity index is 1.39. The van der Waals surface area contributed by atoms with Gasteiger partial charge in [0.2, 0.25) is 11.8 Å². The average Bonchev–Trinajstić information content (AvgIpc) is 3.35. The zero-order valence-corrected chi connectivity index (χ0v) is 18.1. The third-order valence-corrected chi connectivity index (χ3v) is 6.62. The second-order valence-electron chi connectivity index (χ2n) is 8.32. The van der Waals surface area contributed by atoms with Crippen molar-refractivity contribution in [2.24, 2.45) is 5.92 Å². The number of likely N-dealkylation sites (tertiary alicyclic amines) is 1. The zero-order valence-electron chi connectivity index (χ0n) is 17.3. The topological polar surface area (TPSA) is 134 Å². The van der Waals surface area contributed by atoms with E-state index in [1.54, 1.807) is 23.1 Å². The molecule has 0 aromatic carbocycles. The first-order valence-electron chi connectivity index (χ1n) is 10.5. The summed E-state index contributed by atoms with van der Waals surface area (Å²) in [6, 6.07) is 0.179. The highest BCUT2D eigenvalue weighted by molar-refractivity contribution is 7.79. The van der Waals surface area contributed by atoms with Crippen molar-refractivity contribution in [3.05, 3.63) is 18.6 Å². The Morgan fingerprint density at radius 1 is 1.35 bits per heavy atom. The van der Waals surface area contributed by atoms with Gasteiger partial charge in [-0.25, -0.2) is 9.19 Å². The largest absolute Gasteiger partial charge is 0.473 e. The van der Waals surface area contributed by atoms with Crippen LogP contribution in [0.5, 0.6) is 5.88 Å². The molecule has 3 aromatic heterocycles. The third-order valence-electron chi connectivity index (χ3n) is 6.04. The van der Waals surface area contributed by atoms with Crippen molar-refractivity contribution in [2.45, 2.75) is 44.8 Å². The first-order chi connectivity index (χ1) is 15.1. The van der Waals surface area contributed by atoms with E-state index in [1.807, 2.05) is 4.90 Å². The van der Waals surface area contributed by atoms with Gasteiger partial charge >= 0.3 is 0 Å². The number of aromatic amines is 1. The highest BCUT2D eigenvalue weighted by Crippen LogP contribution is 2.32. The summed E-state index contributed by atoms with van der Waals surface area (Å²) < 4.78 is 28.2. The quantitative estimate of drug-likeness (QED) is 0.464. The molecule has 1 saturated carbocycles. The van der Waals surface area contributed by atoms with Crippen molar-refractivity contribution < 1.29 is 13.5 Å². The van der Waals surface area contributed by atoms with Gasteiger partial charge in [0.1, 0.15) is 17.7 Å². The van der Waals surface area contributed by atoms with Gasteiger partial charge in [-0.3, -0.25) is 10.00 Å². The smallest absolute Gasteiger partial charge is 0.244 e. The van der Waals surface area contributed by atoms with E-state index in [0.717, 1.165) is 37.9 Å². The van der Waals surface area contributed by atoms with Gasteiger partial charge in [0.25, 0.3) is 0 Å². The third kappa shape index (κ3) is 4.27. The summed E-state index contributed by atoms with van der Waals surface area (Å²) in [5.41, 5.74) is 2.14. The second kappa shape index (κ2) is 8.52. The average molecular weight is 447 g/mol. The highest BCUT2D eigenvalue weighted by Gasteiger charge is 2.29. The minimum absolute atomic E-state index is 0.167. The van der Waals surface area contributed by atoms with Gasteiger partial charge < -0.3 is 14.6 Å². The molecule has 2 aliphatic rings. The van der Waals surface area contributed by atoms with Crippen molar-refractivity contribution >= 4 is 22.7 Å². The highest BCUT2D eigenvalue weighted by atomic mass is 32.2. The molecule has 166 valence electrons. The van der Waals surface area contributed by atoms with Crippen LogP contribution in [-0.4, -0.2) is 74.6 Å². The van der Waals surface area contributed by atoms with Crippen LogP contribution < -0.4 is 10.1 Å². The number of aromatic nitrogens is 6. The fourth-order valence-corrected chi connectivity index (χ4v) is 4.66. The van der Waals surface area contributed by atoms with Gasteiger partial charge in [-0.15, -0.1) is 5.10 Å². The van der Waals surface area contributed by atoms with E-state index in [9.17, 15) is 4.21 Å². The summed E-state index contributed by atoms with van der Waals surface area (Å²) in [7, 11) is 0. The van der Waals surface area contributed by atoms with Gasteiger partial charge in [0.15, 0.2) is 16.7 Å². The molecule has 4 heterocycles. The van der Waals surface area contributed by atoms with Crippen molar-refractivity contribution in [3.8, 4) is 17.1 Å². The van der Waals surface area contributed by atoms with Crippen molar-refractivity contribution in [2.75, 3.05) is 24.3 Å². The lowest BCUT2D eigenvalue weighted by Gasteiger charge is -2.36. The van der Waals surface area contributed by atoms with Gasteiger partial charge in [0.05, 0.1) is 12.4 Å². The maximum atomic E-state index is 11.1. The number of ether oxygens (including phenoxy) is 1. The predicted molar refractivity (Wildman–Crippen MR) is 115 cm³/mol. The number of rotatable bonds is 7. The number of hydrogen-bond acceptors (Lipinski definition) is 8. The maximum Gasteiger partial charge on any atom is 0.244 e. The molecule has 0 spiro atoms. The van der Waals surface area contributed by atoms with E-state index in [0.29, 0.717) is 23.2 Å². The minimum Gasteiger partial charge on any atom is -0.473 e. The van der Waals surface area contributed by atoms with Gasteiger partial charge in [0, 0.05) is 30.9 Å². The molecule has 31 heavy (non-hydrogen) atoms. The minimum atomic E-state index is -1.81. The fourth-order valence-electron chi connectivity index (χ4n) is 4.11. The van der Waals surface area contributed by atoms with Crippen LogP contribution in [0.2, 0.25) is 0 Å². The van der Waals surface area contributed by atoms with E-state index < -0.39 is 11.1 Å². The number of nitrogens with zero attached hydrogens (tertiary/aromatic N) is 6. The standard InChI is InChI=1S/C19H26N8O3S/c1-12-10-26(11-31(28)29)6-5-15(12)23-19-24-16-9-20-17(13-7-21-22-8-13)18(27(16)25-19)30-14-3-2-4-14/h7-9,12,14-15H,2-6,10-11H2,1H3,(H,21,22)(H,23,25)(H,28,29)/t12-,15+/m1/s1. The van der Waals surface area contributed by atoms with Crippen LogP contribution in [0, 0.1) is 5.92 Å². The lowest BCUT2D eigenvalue weighted by molar-refractivity contribution is 0.112. The predicted octanol–water partition coefficient (Wildman–Crippen LogP) is 1.75. The Labute approximate surface area is 181 Å². The first kappa shape index (κ1) is 20.3. The summed E-state index contributed by atoms with van der Waals surface area (Å²) in [6.07, 6.45) is 9.42. The number of anilines is 1. The second-order valence-corrected chi connectivity index (χ2v) is 9.22. The summed E-state index contributed by atoms with van der Waals surface area (Å²) in [4.78, 5) is 11.2. The van der Waals surface area contributed by atoms with Crippen molar-refractivity contribution in [1.29, 1.82) is 0 Å². The molecule has 3 aromatic rings. The number of fused-ring (bicyclic) bond motifs is 1. The molecule has 0 amide bonds. The van der Waals surface area contributed by atoms with Crippen LogP contribution in [-0.2, 0) is 11.1 Å². The number of piperidine rings is 1. The molecule has 1 aliphatic carbocycles. The van der Waals surface area contributed by atoms with E-state index in [-0.39, 0.29) is 23.9 Å². The monoisotopic (exact) mass is 446 g/mol. The van der Waals surface area contributed by atoms with Crippen LogP contribution >= 0.6 is 0 Å².